The first-order valence-electron chi connectivity index (χ1n) is 7.14. The molecule has 13 nitrogen and oxygen atoms in total. The van der Waals surface area contributed by atoms with Gasteiger partial charge in [0.05, 0.1) is 12.0 Å². The van der Waals surface area contributed by atoms with E-state index in [0.29, 0.717) is 5.69 Å². The fourth-order valence-corrected chi connectivity index (χ4v) is 1.50. The van der Waals surface area contributed by atoms with Gasteiger partial charge in [-0.05, 0) is 0 Å². The van der Waals surface area contributed by atoms with Gasteiger partial charge in [-0.1, -0.05) is 0 Å². The average Bonchev–Trinajstić information content (AvgIpc) is 2.99. The van der Waals surface area contributed by atoms with Gasteiger partial charge in [0.2, 0.25) is 5.91 Å². The molecule has 148 valence electrons. The molecule has 0 aliphatic carbocycles. The maximum Gasteiger partial charge on any atom is 0.326 e. The molecule has 0 saturated carbocycles. The van der Waals surface area contributed by atoms with Gasteiger partial charge in [-0.2, -0.15) is 0 Å². The maximum absolute atomic E-state index is 11.2. The fraction of sp³-hybridized carbons (Fsp3) is 0.462. The molecule has 0 saturated heterocycles. The number of hydrogen-bond donors (Lipinski definition) is 7. The number of rotatable bonds is 8. The van der Waals surface area contributed by atoms with Crippen molar-refractivity contribution in [2.24, 2.45) is 11.5 Å². The molecule has 1 aromatic heterocycles. The highest BCUT2D eigenvalue weighted by atomic mass is 16.4. The minimum absolute atomic E-state index is 0. The van der Waals surface area contributed by atoms with Gasteiger partial charge < -0.3 is 42.4 Å². The third-order valence-corrected chi connectivity index (χ3v) is 2.76. The van der Waals surface area contributed by atoms with Gasteiger partial charge in [0.15, 0.2) is 5.96 Å². The molecule has 0 bridgehead atoms. The Morgan fingerprint density at radius 2 is 2.04 bits per heavy atom. The molecule has 1 heterocycles. The number of likely N-dealkylation sites (N-methyl/N-ethyl adjacent to an activating group) is 1. The summed E-state index contributed by atoms with van der Waals surface area (Å²) < 4.78 is 0. The Balaban J connectivity index is 0. The van der Waals surface area contributed by atoms with E-state index < -0.39 is 18.0 Å². The monoisotopic (exact) mass is 375 g/mol. The smallest absolute Gasteiger partial charge is 0.326 e. The first kappa shape index (κ1) is 25.1. The molecule has 0 fully saturated rings. The first-order valence-corrected chi connectivity index (χ1v) is 7.14. The zero-order valence-corrected chi connectivity index (χ0v) is 14.2. The minimum Gasteiger partial charge on any atom is -0.480 e. The second-order valence-electron chi connectivity index (χ2n) is 4.90. The number of H-pyrrole nitrogens is 1. The molecule has 11 N–H and O–H groups in total. The molecular weight excluding hydrogens is 350 g/mol. The van der Waals surface area contributed by atoms with Crippen molar-refractivity contribution in [3.8, 4) is 0 Å². The molecule has 0 radical (unpaired) electrons. The van der Waals surface area contributed by atoms with Crippen molar-refractivity contribution in [3.63, 3.8) is 0 Å². The molecule has 1 unspecified atom stereocenters. The number of amides is 1. The number of carboxylic acids is 2. The van der Waals surface area contributed by atoms with Crippen LogP contribution in [0.15, 0.2) is 12.5 Å². The van der Waals surface area contributed by atoms with Crippen molar-refractivity contribution in [3.05, 3.63) is 18.2 Å². The molecule has 0 aliphatic heterocycles. The Morgan fingerprint density at radius 3 is 2.38 bits per heavy atom. The number of nitrogens with zero attached hydrogens (tertiary/aromatic N) is 2. The third kappa shape index (κ3) is 11.4. The van der Waals surface area contributed by atoms with Crippen LogP contribution in [0.3, 0.4) is 0 Å². The van der Waals surface area contributed by atoms with Crippen LogP contribution in [0.2, 0.25) is 0 Å². The summed E-state index contributed by atoms with van der Waals surface area (Å²) in [6, 6.07) is -0.970. The maximum atomic E-state index is 11.2. The Labute approximate surface area is 149 Å². The number of nitrogens with one attached hydrogen (secondary N) is 3. The topological polar surface area (TPSA) is 243 Å². The highest BCUT2D eigenvalue weighted by Gasteiger charge is 2.20. The van der Waals surface area contributed by atoms with Gasteiger partial charge in [-0.15, -0.1) is 0 Å². The molecule has 26 heavy (non-hydrogen) atoms. The number of carbonyl (C=O) groups is 3. The van der Waals surface area contributed by atoms with E-state index >= 15 is 0 Å². The van der Waals surface area contributed by atoms with Gasteiger partial charge >= 0.3 is 11.9 Å². The fourth-order valence-electron chi connectivity index (χ4n) is 1.50. The van der Waals surface area contributed by atoms with Crippen LogP contribution in [-0.4, -0.2) is 80.5 Å². The van der Waals surface area contributed by atoms with Crippen molar-refractivity contribution in [2.45, 2.75) is 18.9 Å². The van der Waals surface area contributed by atoms with Crippen molar-refractivity contribution >= 4 is 23.8 Å². The van der Waals surface area contributed by atoms with Crippen LogP contribution in [0, 0.1) is 5.41 Å². The lowest BCUT2D eigenvalue weighted by Gasteiger charge is -2.12. The molecule has 1 aromatic rings. The molecule has 0 aromatic carbocycles. The summed E-state index contributed by atoms with van der Waals surface area (Å²) in [6.45, 7) is -0.0318. The number of carboxylic acid groups (broad SMARTS) is 2. The predicted octanol–water partition coefficient (Wildman–Crippen LogP) is -3.06. The van der Waals surface area contributed by atoms with Crippen molar-refractivity contribution in [1.29, 1.82) is 5.41 Å². The number of carbonyl (C=O) groups excluding carboxylic acids is 1. The Morgan fingerprint density at radius 1 is 1.42 bits per heavy atom. The summed E-state index contributed by atoms with van der Waals surface area (Å²) in [4.78, 5) is 39.7. The molecule has 1 atom stereocenters. The second kappa shape index (κ2) is 13.1. The molecule has 1 amide bonds. The zero-order valence-electron chi connectivity index (χ0n) is 14.2. The van der Waals surface area contributed by atoms with Crippen LogP contribution in [0.5, 0.6) is 0 Å². The summed E-state index contributed by atoms with van der Waals surface area (Å²) in [5.74, 6) is -2.69. The molecule has 0 aliphatic rings. The number of guanidine groups is 1. The van der Waals surface area contributed by atoms with Crippen LogP contribution in [-0.2, 0) is 20.8 Å². The van der Waals surface area contributed by atoms with Crippen LogP contribution < -0.4 is 16.8 Å². The highest BCUT2D eigenvalue weighted by molar-refractivity contribution is 5.83. The lowest BCUT2D eigenvalue weighted by Crippen LogP contribution is -2.42. The summed E-state index contributed by atoms with van der Waals surface area (Å²) >= 11 is 0. The number of aromatic nitrogens is 2. The van der Waals surface area contributed by atoms with E-state index in [4.69, 9.17) is 27.1 Å². The number of hydrogen-bond acceptors (Lipinski definition) is 6. The van der Waals surface area contributed by atoms with Gasteiger partial charge in [-0.3, -0.25) is 15.0 Å². The van der Waals surface area contributed by atoms with E-state index in [9.17, 15) is 14.4 Å². The Kier molecular flexibility index (Phi) is 12.7. The molecule has 1 rings (SSSR count). The van der Waals surface area contributed by atoms with Crippen LogP contribution >= 0.6 is 0 Å². The molecule has 13 heteroatoms. The third-order valence-electron chi connectivity index (χ3n) is 2.76. The second-order valence-corrected chi connectivity index (χ2v) is 4.90. The largest absolute Gasteiger partial charge is 0.480 e. The van der Waals surface area contributed by atoms with E-state index in [1.54, 1.807) is 6.20 Å². The summed E-state index contributed by atoms with van der Waals surface area (Å²) in [5, 5.41) is 26.2. The van der Waals surface area contributed by atoms with Gasteiger partial charge in [-0.25, -0.2) is 9.78 Å². The van der Waals surface area contributed by atoms with E-state index in [2.05, 4.69) is 15.3 Å². The van der Waals surface area contributed by atoms with E-state index in [0.717, 1.165) is 4.90 Å². The van der Waals surface area contributed by atoms with Gasteiger partial charge in [0.25, 0.3) is 0 Å². The number of nitrogens with two attached hydrogens (primary N) is 2. The van der Waals surface area contributed by atoms with Crippen LogP contribution in [0.1, 0.15) is 12.1 Å². The van der Waals surface area contributed by atoms with Gasteiger partial charge in [0.1, 0.15) is 12.6 Å². The highest BCUT2D eigenvalue weighted by Crippen LogP contribution is 1.99. The van der Waals surface area contributed by atoms with Crippen molar-refractivity contribution < 1.29 is 30.1 Å². The van der Waals surface area contributed by atoms with Crippen LogP contribution in [0.25, 0.3) is 0 Å². The minimum atomic E-state index is -1.09. The van der Waals surface area contributed by atoms with Crippen molar-refractivity contribution in [2.75, 3.05) is 20.1 Å². The summed E-state index contributed by atoms with van der Waals surface area (Å²) in [6.07, 6.45) is 3.31. The standard InChI is InChI=1S/C9H14N4O3.C4H9N3O2.H2O/c10-2-1-8(14)13-7(9(15)16)3-6-4-11-5-12-6;1-7(4(5)6)2-3(8)9;/h4-5,7H,1-3,10H2,(H,11,12)(H,13,14)(H,15,16);2H2,1H3,(H3,5,6)(H,8,9);1H2. The van der Waals surface area contributed by atoms with Gasteiger partial charge in [0, 0.05) is 32.6 Å². The quantitative estimate of drug-likeness (QED) is 0.180. The Hall–Kier alpha value is -3.19. The number of imidazole rings is 1. The normalized spacial score (nSPS) is 10.4. The van der Waals surface area contributed by atoms with Crippen LogP contribution in [0.4, 0.5) is 0 Å². The molecular formula is C13H25N7O6. The van der Waals surface area contributed by atoms with Crippen molar-refractivity contribution in [1.82, 2.24) is 20.2 Å². The lowest BCUT2D eigenvalue weighted by molar-refractivity contribution is -0.141. The number of aliphatic carboxylic acids is 2. The number of aromatic amines is 1. The lowest BCUT2D eigenvalue weighted by atomic mass is 10.1. The van der Waals surface area contributed by atoms with E-state index in [1.165, 1.54) is 13.4 Å². The predicted molar refractivity (Wildman–Crippen MR) is 91.3 cm³/mol. The summed E-state index contributed by atoms with van der Waals surface area (Å²) in [5.41, 5.74) is 10.7. The zero-order chi connectivity index (χ0) is 19.4. The average molecular weight is 375 g/mol. The first-order chi connectivity index (χ1) is 11.7. The Bertz CT molecular complexity index is 578. The van der Waals surface area contributed by atoms with E-state index in [-0.39, 0.29) is 43.3 Å². The van der Waals surface area contributed by atoms with E-state index in [1.807, 2.05) is 0 Å². The SMILES string of the molecule is CN(CC(=O)O)C(=N)N.NCCC(=O)NC(Cc1c[nH]cn1)C(=O)O.O. The molecule has 0 spiro atoms. The summed E-state index contributed by atoms with van der Waals surface area (Å²) in [7, 11) is 1.44.